The molecular weight excluding hydrogens is 966 g/mol. The molecule has 13 N–H and O–H groups in total. The molecule has 7 aromatic rings. The summed E-state index contributed by atoms with van der Waals surface area (Å²) in [5.74, 6) is -0.359. The van der Waals surface area contributed by atoms with Gasteiger partial charge in [0, 0.05) is 38.6 Å². The fourth-order valence-corrected chi connectivity index (χ4v) is 7.26. The van der Waals surface area contributed by atoms with Crippen LogP contribution in [0.15, 0.2) is 125 Å². The van der Waals surface area contributed by atoms with E-state index in [4.69, 9.17) is 84.5 Å². The Morgan fingerprint density at radius 2 is 1.15 bits per heavy atom. The molecule has 0 unspecified atom stereocenters. The quantitative estimate of drug-likeness (QED) is 0.0598. The Hall–Kier alpha value is -6.21. The van der Waals surface area contributed by atoms with Crippen molar-refractivity contribution in [2.75, 3.05) is 40.2 Å². The monoisotopic (exact) mass is 1000 g/mol. The van der Waals surface area contributed by atoms with Gasteiger partial charge in [0.05, 0.1) is 26.3 Å². The van der Waals surface area contributed by atoms with Gasteiger partial charge in [-0.3, -0.25) is 14.4 Å². The first-order valence-corrected chi connectivity index (χ1v) is 20.8. The second-order valence-corrected chi connectivity index (χ2v) is 15.7. The highest BCUT2D eigenvalue weighted by Gasteiger charge is 2.13. The summed E-state index contributed by atoms with van der Waals surface area (Å²) in [6, 6.07) is 31.7. The topological polar surface area (TPSA) is 265 Å². The molecule has 2 heterocycles. The Kier molecular flexibility index (Phi) is 19.0. The maximum Gasteiger partial charge on any atom is 0.277 e. The summed E-state index contributed by atoms with van der Waals surface area (Å²) in [5, 5.41) is 18.2. The molecule has 2 aromatic heterocycles. The van der Waals surface area contributed by atoms with Crippen LogP contribution in [-0.4, -0.2) is 39.7 Å². The van der Waals surface area contributed by atoms with E-state index in [1.54, 1.807) is 60.7 Å². The van der Waals surface area contributed by atoms with Crippen LogP contribution in [0.25, 0.3) is 0 Å². The number of anilines is 6. The van der Waals surface area contributed by atoms with E-state index in [9.17, 15) is 14.4 Å². The summed E-state index contributed by atoms with van der Waals surface area (Å²) in [7, 11) is 0. The fraction of sp³-hybridized carbons (Fsp3) is 0.0488. The molecule has 15 nitrogen and oxygen atoms in total. The van der Waals surface area contributed by atoms with Gasteiger partial charge in [-0.15, -0.1) is 11.3 Å². The van der Waals surface area contributed by atoms with Gasteiger partial charge in [-0.1, -0.05) is 76.7 Å². The Morgan fingerprint density at radius 1 is 0.661 bits per heavy atom. The molecule has 0 saturated heterocycles. The fourth-order valence-electron chi connectivity index (χ4n) is 4.59. The number of benzene rings is 5. The summed E-state index contributed by atoms with van der Waals surface area (Å²) < 4.78 is 11.4. The van der Waals surface area contributed by atoms with Gasteiger partial charge in [-0.25, -0.2) is 0 Å². The van der Waals surface area contributed by atoms with Gasteiger partial charge < -0.3 is 48.8 Å². The number of halogens is 5. The zero-order chi connectivity index (χ0) is 45.2. The van der Waals surface area contributed by atoms with Gasteiger partial charge in [0.2, 0.25) is 0 Å². The van der Waals surface area contributed by atoms with Crippen LogP contribution in [-0.2, 0) is 11.4 Å². The van der Waals surface area contributed by atoms with Crippen LogP contribution in [0.3, 0.4) is 0 Å². The molecule has 0 fully saturated rings. The average molecular weight is 1000 g/mol. The first-order chi connectivity index (χ1) is 29.6. The van der Waals surface area contributed by atoms with Crippen LogP contribution < -0.4 is 48.8 Å². The van der Waals surface area contributed by atoms with E-state index < -0.39 is 5.91 Å². The molecule has 0 aliphatic rings. The second-order valence-electron chi connectivity index (χ2n) is 12.3. The van der Waals surface area contributed by atoms with Crippen LogP contribution in [0.2, 0.25) is 20.1 Å². The number of thiophene rings is 1. The lowest BCUT2D eigenvalue weighted by molar-refractivity contribution is -0.119. The molecule has 5 aromatic carbocycles. The lowest BCUT2D eigenvalue weighted by Crippen LogP contribution is -2.20. The summed E-state index contributed by atoms with van der Waals surface area (Å²) in [6.45, 7) is 0.146. The van der Waals surface area contributed by atoms with Crippen molar-refractivity contribution in [1.29, 1.82) is 0 Å². The van der Waals surface area contributed by atoms with Crippen molar-refractivity contribution >= 4 is 126 Å². The zero-order valence-electron chi connectivity index (χ0n) is 32.1. The minimum atomic E-state index is -0.603. The van der Waals surface area contributed by atoms with Crippen molar-refractivity contribution in [1.82, 2.24) is 15.4 Å². The van der Waals surface area contributed by atoms with E-state index in [0.29, 0.717) is 55.7 Å². The van der Waals surface area contributed by atoms with Crippen molar-refractivity contribution in [2.24, 2.45) is 5.73 Å². The highest BCUT2D eigenvalue weighted by Crippen LogP contribution is 2.36. The van der Waals surface area contributed by atoms with E-state index >= 15 is 0 Å². The number of nitrogens with two attached hydrogens (primary N) is 5. The van der Waals surface area contributed by atoms with Crippen LogP contribution in [0.5, 0.6) is 11.5 Å². The Morgan fingerprint density at radius 3 is 1.58 bits per heavy atom. The maximum absolute atomic E-state index is 11.8. The molecule has 322 valence electrons. The molecule has 3 amide bonds. The van der Waals surface area contributed by atoms with Crippen molar-refractivity contribution < 1.29 is 23.9 Å². The summed E-state index contributed by atoms with van der Waals surface area (Å²) >= 11 is 28.3. The number of amides is 3. The number of nitrogens with zero attached hydrogens (tertiary/aromatic N) is 2. The van der Waals surface area contributed by atoms with E-state index in [1.165, 1.54) is 29.7 Å². The third-order valence-corrected chi connectivity index (χ3v) is 10.4. The number of ether oxygens (including phenoxy) is 2. The third kappa shape index (κ3) is 16.0. The van der Waals surface area contributed by atoms with Gasteiger partial charge in [-0.2, -0.15) is 15.4 Å². The molecule has 0 aliphatic carbocycles. The number of primary amides is 1. The molecule has 0 saturated carbocycles. The van der Waals surface area contributed by atoms with Crippen LogP contribution in [0.4, 0.5) is 34.1 Å². The number of aromatic amines is 1. The summed E-state index contributed by atoms with van der Waals surface area (Å²) in [5.41, 5.74) is 32.0. The molecule has 0 spiro atoms. The second kappa shape index (κ2) is 24.3. The van der Waals surface area contributed by atoms with Crippen molar-refractivity contribution in [2.45, 2.75) is 6.61 Å². The summed E-state index contributed by atoms with van der Waals surface area (Å²) in [4.78, 5) is 34.4. The minimum Gasteiger partial charge on any atom is -0.486 e. The number of hydrogen-bond donors (Lipinski definition) is 8. The first-order valence-electron chi connectivity index (χ1n) is 17.6. The standard InChI is InChI=1S/C13H11Cl2NO.C11H9BrN2OS.C9H9N5O.C8H8Cl2N2O2/c14-11-6-10(16)7-12(15)13(11)17-8-9-4-2-1-3-5-9;12-9-5-6-16-10(9)11(15)14-8-3-1-7(13)2-4-8;10-6-1-3-7(4-2-6)12-9(15)8-5-11-14-13-8;9-5-1-4(11)2-6(10)8(5)14-3-7(12)13/h1-7H,8,16H2;1-6H,13H2,(H,14,15);1-5H,10H2,(H,12,15)(H,11,13,14);1-2H,3,11H2,(H2,12,13). The normalized spacial score (nSPS) is 10.0. The number of carbonyl (C=O) groups is 3. The SMILES string of the molecule is NC(=O)COc1c(Cl)cc(N)cc1Cl.Nc1cc(Cl)c(OCc2ccccc2)c(Cl)c1.Nc1ccc(NC(=O)c2cn[nH]n2)cc1.Nc1ccc(NC(=O)c2sccc2Br)cc1. The lowest BCUT2D eigenvalue weighted by atomic mass is 10.2. The predicted molar refractivity (Wildman–Crippen MR) is 253 cm³/mol. The molecule has 0 aliphatic heterocycles. The van der Waals surface area contributed by atoms with Crippen LogP contribution in [0.1, 0.15) is 25.7 Å². The van der Waals surface area contributed by atoms with Crippen LogP contribution >= 0.6 is 73.7 Å². The van der Waals surface area contributed by atoms with Gasteiger partial charge >= 0.3 is 0 Å². The van der Waals surface area contributed by atoms with Crippen molar-refractivity contribution in [3.05, 3.63) is 161 Å². The predicted octanol–water partition coefficient (Wildman–Crippen LogP) is 9.58. The number of aromatic nitrogens is 3. The molecule has 0 atom stereocenters. The van der Waals surface area contributed by atoms with Crippen molar-refractivity contribution in [3.63, 3.8) is 0 Å². The van der Waals surface area contributed by atoms with E-state index in [0.717, 1.165) is 15.7 Å². The molecule has 0 bridgehead atoms. The van der Waals surface area contributed by atoms with Gasteiger partial charge in [0.1, 0.15) is 11.5 Å². The number of H-pyrrole nitrogens is 1. The van der Waals surface area contributed by atoms with E-state index in [1.807, 2.05) is 41.8 Å². The highest BCUT2D eigenvalue weighted by molar-refractivity contribution is 9.10. The number of nitrogens with one attached hydrogen (secondary N) is 3. The number of carbonyl (C=O) groups excluding carboxylic acids is 3. The molecule has 21 heteroatoms. The Labute approximate surface area is 387 Å². The van der Waals surface area contributed by atoms with E-state index in [2.05, 4.69) is 42.0 Å². The van der Waals surface area contributed by atoms with E-state index in [-0.39, 0.29) is 39.9 Å². The third-order valence-electron chi connectivity index (χ3n) is 7.43. The van der Waals surface area contributed by atoms with Gasteiger partial charge in [-0.05, 0) is 106 Å². The Bertz CT molecular complexity index is 2510. The largest absolute Gasteiger partial charge is 0.486 e. The Balaban J connectivity index is 0.000000182. The molecule has 0 radical (unpaired) electrons. The van der Waals surface area contributed by atoms with Gasteiger partial charge in [0.15, 0.2) is 23.8 Å². The minimum absolute atomic E-state index is 0.119. The van der Waals surface area contributed by atoms with Crippen LogP contribution in [0, 0.1) is 0 Å². The molecular formula is C41H37BrCl4N10O5S. The molecule has 62 heavy (non-hydrogen) atoms. The smallest absolute Gasteiger partial charge is 0.277 e. The lowest BCUT2D eigenvalue weighted by Gasteiger charge is -2.10. The average Bonchev–Trinajstić information content (AvgIpc) is 3.93. The number of rotatable bonds is 10. The summed E-state index contributed by atoms with van der Waals surface area (Å²) in [6.07, 6.45) is 1.35. The zero-order valence-corrected chi connectivity index (χ0v) is 37.5. The van der Waals surface area contributed by atoms with Gasteiger partial charge in [0.25, 0.3) is 17.7 Å². The maximum atomic E-state index is 11.8. The molecule has 7 rings (SSSR count). The van der Waals surface area contributed by atoms with Crippen molar-refractivity contribution in [3.8, 4) is 11.5 Å². The highest BCUT2D eigenvalue weighted by atomic mass is 79.9. The number of nitrogen functional groups attached to an aromatic ring is 4. The number of hydrogen-bond acceptors (Lipinski definition) is 12. The first kappa shape index (κ1) is 48.5.